The van der Waals surface area contributed by atoms with Crippen LogP contribution in [0.25, 0.3) is 22.2 Å². The SMILES string of the molecule is O=C(c1ccc(-c2ccccc2)cc1)N1CCC(n2c(=O)[nH]c3ccccc32)CC1. The molecule has 1 aliphatic heterocycles. The van der Waals surface area contributed by atoms with Crippen molar-refractivity contribution >= 4 is 16.9 Å². The number of aromatic amines is 1. The zero-order chi connectivity index (χ0) is 20.5. The van der Waals surface area contributed by atoms with Gasteiger partial charge < -0.3 is 9.88 Å². The van der Waals surface area contributed by atoms with E-state index in [0.29, 0.717) is 18.7 Å². The number of imidazole rings is 1. The van der Waals surface area contributed by atoms with Crippen LogP contribution in [0.1, 0.15) is 29.2 Å². The van der Waals surface area contributed by atoms with Crippen LogP contribution in [0, 0.1) is 0 Å². The molecule has 4 aromatic rings. The molecule has 1 aliphatic rings. The minimum atomic E-state index is -0.0718. The molecule has 5 nitrogen and oxygen atoms in total. The van der Waals surface area contributed by atoms with Crippen molar-refractivity contribution in [3.63, 3.8) is 0 Å². The van der Waals surface area contributed by atoms with Crippen molar-refractivity contribution in [1.82, 2.24) is 14.5 Å². The first kappa shape index (κ1) is 18.4. The Morgan fingerprint density at radius 3 is 2.17 bits per heavy atom. The van der Waals surface area contributed by atoms with Gasteiger partial charge in [0, 0.05) is 24.7 Å². The average Bonchev–Trinajstić information content (AvgIpc) is 3.15. The molecule has 1 aromatic heterocycles. The summed E-state index contributed by atoms with van der Waals surface area (Å²) in [4.78, 5) is 30.2. The standard InChI is InChI=1S/C25H23N3O2/c29-24(20-12-10-19(11-13-20)18-6-2-1-3-7-18)27-16-14-21(15-17-27)28-23-9-5-4-8-22(23)26-25(28)30/h1-13,21H,14-17H2,(H,26,30). The molecule has 1 amide bonds. The molecule has 150 valence electrons. The Balaban J connectivity index is 1.29. The summed E-state index contributed by atoms with van der Waals surface area (Å²) in [5.74, 6) is 0.0549. The third kappa shape index (κ3) is 3.32. The lowest BCUT2D eigenvalue weighted by atomic mass is 10.0. The zero-order valence-corrected chi connectivity index (χ0v) is 16.6. The number of hydrogen-bond donors (Lipinski definition) is 1. The van der Waals surface area contributed by atoms with Crippen molar-refractivity contribution < 1.29 is 4.79 Å². The fourth-order valence-electron chi connectivity index (χ4n) is 4.38. The second-order valence-corrected chi connectivity index (χ2v) is 7.78. The summed E-state index contributed by atoms with van der Waals surface area (Å²) in [5.41, 5.74) is 4.67. The molecule has 0 bridgehead atoms. The molecule has 0 unspecified atom stereocenters. The van der Waals surface area contributed by atoms with Crippen molar-refractivity contribution in [2.45, 2.75) is 18.9 Å². The molecule has 5 heteroatoms. The molecule has 0 spiro atoms. The van der Waals surface area contributed by atoms with Gasteiger partial charge in [-0.1, -0.05) is 54.6 Å². The van der Waals surface area contributed by atoms with Crippen LogP contribution < -0.4 is 5.69 Å². The van der Waals surface area contributed by atoms with Crippen LogP contribution in [0.2, 0.25) is 0 Å². The number of benzene rings is 3. The quantitative estimate of drug-likeness (QED) is 0.554. The molecule has 0 saturated carbocycles. The number of rotatable bonds is 3. The maximum atomic E-state index is 13.0. The van der Waals surface area contributed by atoms with E-state index in [4.69, 9.17) is 0 Å². The number of para-hydroxylation sites is 2. The normalized spacial score (nSPS) is 14.9. The molecule has 1 N–H and O–H groups in total. The number of carbonyl (C=O) groups excluding carboxylic acids is 1. The first-order chi connectivity index (χ1) is 14.7. The number of fused-ring (bicyclic) bond motifs is 1. The molecule has 0 aliphatic carbocycles. The van der Waals surface area contributed by atoms with Gasteiger partial charge >= 0.3 is 5.69 Å². The second kappa shape index (κ2) is 7.67. The molecule has 0 radical (unpaired) electrons. The Morgan fingerprint density at radius 1 is 0.800 bits per heavy atom. The number of carbonyl (C=O) groups is 1. The Morgan fingerprint density at radius 2 is 1.43 bits per heavy atom. The van der Waals surface area contributed by atoms with Crippen LogP contribution in [0.5, 0.6) is 0 Å². The molecule has 0 atom stereocenters. The highest BCUT2D eigenvalue weighted by atomic mass is 16.2. The first-order valence-electron chi connectivity index (χ1n) is 10.3. The lowest BCUT2D eigenvalue weighted by Gasteiger charge is -2.32. The van der Waals surface area contributed by atoms with E-state index in [1.807, 2.05) is 76.2 Å². The van der Waals surface area contributed by atoms with Crippen LogP contribution in [-0.4, -0.2) is 33.4 Å². The predicted molar refractivity (Wildman–Crippen MR) is 119 cm³/mol. The van der Waals surface area contributed by atoms with E-state index >= 15 is 0 Å². The van der Waals surface area contributed by atoms with Crippen LogP contribution in [-0.2, 0) is 0 Å². The fraction of sp³-hybridized carbons (Fsp3) is 0.200. The van der Waals surface area contributed by atoms with E-state index in [2.05, 4.69) is 17.1 Å². The number of H-pyrrole nitrogens is 1. The lowest BCUT2D eigenvalue weighted by molar-refractivity contribution is 0.0695. The number of amides is 1. The van der Waals surface area contributed by atoms with Gasteiger partial charge in [0.2, 0.25) is 0 Å². The summed E-state index contributed by atoms with van der Waals surface area (Å²) in [6.45, 7) is 1.30. The van der Waals surface area contributed by atoms with Crippen LogP contribution in [0.3, 0.4) is 0 Å². The number of nitrogens with one attached hydrogen (secondary N) is 1. The Labute approximate surface area is 174 Å². The van der Waals surface area contributed by atoms with Gasteiger partial charge in [-0.3, -0.25) is 9.36 Å². The second-order valence-electron chi connectivity index (χ2n) is 7.78. The van der Waals surface area contributed by atoms with Crippen molar-refractivity contribution in [1.29, 1.82) is 0 Å². The maximum absolute atomic E-state index is 13.0. The minimum Gasteiger partial charge on any atom is -0.338 e. The molecule has 2 heterocycles. The number of nitrogens with zero attached hydrogens (tertiary/aromatic N) is 2. The smallest absolute Gasteiger partial charge is 0.326 e. The van der Waals surface area contributed by atoms with Crippen LogP contribution >= 0.6 is 0 Å². The van der Waals surface area contributed by atoms with E-state index in [1.165, 1.54) is 0 Å². The molecule has 1 saturated heterocycles. The Kier molecular flexibility index (Phi) is 4.71. The molecule has 30 heavy (non-hydrogen) atoms. The van der Waals surface area contributed by atoms with Crippen LogP contribution in [0.4, 0.5) is 0 Å². The van der Waals surface area contributed by atoms with Gasteiger partial charge in [0.15, 0.2) is 0 Å². The van der Waals surface area contributed by atoms with E-state index in [-0.39, 0.29) is 17.6 Å². The van der Waals surface area contributed by atoms with Gasteiger partial charge in [0.1, 0.15) is 0 Å². The van der Waals surface area contributed by atoms with Crippen molar-refractivity contribution in [2.75, 3.05) is 13.1 Å². The number of hydrogen-bond acceptors (Lipinski definition) is 2. The largest absolute Gasteiger partial charge is 0.338 e. The molecular formula is C25H23N3O2. The van der Waals surface area contributed by atoms with Gasteiger partial charge in [0.25, 0.3) is 5.91 Å². The summed E-state index contributed by atoms with van der Waals surface area (Å²) in [5, 5.41) is 0. The number of aromatic nitrogens is 2. The van der Waals surface area contributed by atoms with E-state index < -0.39 is 0 Å². The van der Waals surface area contributed by atoms with Gasteiger partial charge in [-0.2, -0.15) is 0 Å². The minimum absolute atomic E-state index is 0.0549. The highest BCUT2D eigenvalue weighted by Crippen LogP contribution is 2.26. The summed E-state index contributed by atoms with van der Waals surface area (Å²) < 4.78 is 1.85. The van der Waals surface area contributed by atoms with Crippen molar-refractivity contribution in [3.05, 3.63) is 94.9 Å². The fourth-order valence-corrected chi connectivity index (χ4v) is 4.38. The van der Waals surface area contributed by atoms with Gasteiger partial charge in [-0.15, -0.1) is 0 Å². The highest BCUT2D eigenvalue weighted by molar-refractivity contribution is 5.94. The molecular weight excluding hydrogens is 374 g/mol. The molecule has 5 rings (SSSR count). The lowest BCUT2D eigenvalue weighted by Crippen LogP contribution is -2.40. The van der Waals surface area contributed by atoms with E-state index in [1.54, 1.807) is 0 Å². The summed E-state index contributed by atoms with van der Waals surface area (Å²) in [7, 11) is 0. The monoisotopic (exact) mass is 397 g/mol. The topological polar surface area (TPSA) is 58.1 Å². The Hall–Kier alpha value is -3.60. The van der Waals surface area contributed by atoms with Gasteiger partial charge in [-0.25, -0.2) is 4.79 Å². The van der Waals surface area contributed by atoms with E-state index in [0.717, 1.165) is 35.0 Å². The maximum Gasteiger partial charge on any atom is 0.326 e. The summed E-state index contributed by atoms with van der Waals surface area (Å²) >= 11 is 0. The third-order valence-corrected chi connectivity index (χ3v) is 5.98. The highest BCUT2D eigenvalue weighted by Gasteiger charge is 2.26. The Bertz CT molecular complexity index is 1230. The first-order valence-corrected chi connectivity index (χ1v) is 10.3. The van der Waals surface area contributed by atoms with Crippen molar-refractivity contribution in [3.8, 4) is 11.1 Å². The number of likely N-dealkylation sites (tertiary alicyclic amines) is 1. The zero-order valence-electron chi connectivity index (χ0n) is 16.6. The van der Waals surface area contributed by atoms with Crippen LogP contribution in [0.15, 0.2) is 83.7 Å². The van der Waals surface area contributed by atoms with Crippen molar-refractivity contribution in [2.24, 2.45) is 0 Å². The van der Waals surface area contributed by atoms with E-state index in [9.17, 15) is 9.59 Å². The van der Waals surface area contributed by atoms with Gasteiger partial charge in [0.05, 0.1) is 11.0 Å². The average molecular weight is 397 g/mol. The third-order valence-electron chi connectivity index (χ3n) is 5.98. The summed E-state index contributed by atoms with van der Waals surface area (Å²) in [6, 6.07) is 25.8. The molecule has 3 aromatic carbocycles. The summed E-state index contributed by atoms with van der Waals surface area (Å²) in [6.07, 6.45) is 1.55. The van der Waals surface area contributed by atoms with Gasteiger partial charge in [-0.05, 0) is 48.2 Å². The molecule has 1 fully saturated rings. The number of piperidine rings is 1. The predicted octanol–water partition coefficient (Wildman–Crippen LogP) is 4.47.